The maximum absolute atomic E-state index is 12.3. The van der Waals surface area contributed by atoms with Crippen LogP contribution in [0.25, 0.3) is 0 Å². The van der Waals surface area contributed by atoms with Gasteiger partial charge in [-0.2, -0.15) is 0 Å². The number of nitrogens with zero attached hydrogens (tertiary/aromatic N) is 1. The van der Waals surface area contributed by atoms with Crippen molar-refractivity contribution in [1.82, 2.24) is 10.2 Å². The number of ether oxygens (including phenoxy) is 2. The molecule has 0 amide bonds. The van der Waals surface area contributed by atoms with Gasteiger partial charge in [0.15, 0.2) is 0 Å². The van der Waals surface area contributed by atoms with E-state index in [1.165, 1.54) is 0 Å². The molecule has 20 heavy (non-hydrogen) atoms. The Labute approximate surface area is 123 Å². The van der Waals surface area contributed by atoms with Crippen LogP contribution in [-0.4, -0.2) is 61.9 Å². The lowest BCUT2D eigenvalue weighted by molar-refractivity contribution is -0.152. The summed E-state index contributed by atoms with van der Waals surface area (Å²) in [6, 6.07) is 0.390. The van der Waals surface area contributed by atoms with Crippen molar-refractivity contribution in [3.05, 3.63) is 0 Å². The van der Waals surface area contributed by atoms with E-state index in [1.54, 1.807) is 0 Å². The Morgan fingerprint density at radius 1 is 1.45 bits per heavy atom. The van der Waals surface area contributed by atoms with E-state index in [9.17, 15) is 4.79 Å². The van der Waals surface area contributed by atoms with Crippen LogP contribution in [-0.2, 0) is 14.3 Å². The van der Waals surface area contributed by atoms with Crippen molar-refractivity contribution in [1.29, 1.82) is 0 Å². The highest BCUT2D eigenvalue weighted by Crippen LogP contribution is 2.16. The number of hydrogen-bond acceptors (Lipinski definition) is 5. The maximum atomic E-state index is 12.3. The molecule has 1 aliphatic rings. The van der Waals surface area contributed by atoms with Crippen LogP contribution < -0.4 is 5.32 Å². The summed E-state index contributed by atoms with van der Waals surface area (Å²) in [5.41, 5.74) is -0.642. The van der Waals surface area contributed by atoms with Crippen LogP contribution in [0.15, 0.2) is 0 Å². The van der Waals surface area contributed by atoms with Gasteiger partial charge < -0.3 is 14.8 Å². The quantitative estimate of drug-likeness (QED) is 0.684. The lowest BCUT2D eigenvalue weighted by Gasteiger charge is -2.40. The van der Waals surface area contributed by atoms with Crippen LogP contribution in [0, 0.1) is 0 Å². The molecule has 1 rings (SSSR count). The number of rotatable bonds is 8. The Morgan fingerprint density at radius 2 is 2.20 bits per heavy atom. The fourth-order valence-corrected chi connectivity index (χ4v) is 2.56. The average Bonchev–Trinajstić information content (AvgIpc) is 2.46. The molecule has 118 valence electrons. The van der Waals surface area contributed by atoms with Gasteiger partial charge in [-0.3, -0.25) is 9.69 Å². The Kier molecular flexibility index (Phi) is 7.48. The highest BCUT2D eigenvalue weighted by atomic mass is 16.5. The molecule has 1 N–H and O–H groups in total. The molecule has 0 aromatic heterocycles. The van der Waals surface area contributed by atoms with Gasteiger partial charge in [0.2, 0.25) is 0 Å². The zero-order valence-corrected chi connectivity index (χ0v) is 13.4. The number of carbonyl (C=O) groups excluding carboxylic acids is 1. The molecule has 0 saturated carbocycles. The normalized spacial score (nSPS) is 23.3. The van der Waals surface area contributed by atoms with Crippen molar-refractivity contribution >= 4 is 5.97 Å². The third-order valence-electron chi connectivity index (χ3n) is 3.83. The minimum atomic E-state index is -0.642. The van der Waals surface area contributed by atoms with Crippen molar-refractivity contribution in [3.8, 4) is 0 Å². The van der Waals surface area contributed by atoms with E-state index in [1.807, 2.05) is 13.8 Å². The summed E-state index contributed by atoms with van der Waals surface area (Å²) in [5.74, 6) is -0.158. The predicted octanol–water partition coefficient (Wildman–Crippen LogP) is 1.42. The summed E-state index contributed by atoms with van der Waals surface area (Å²) in [4.78, 5) is 14.6. The van der Waals surface area contributed by atoms with Crippen LogP contribution in [0.2, 0.25) is 0 Å². The number of carbonyl (C=O) groups is 1. The predicted molar refractivity (Wildman–Crippen MR) is 79.8 cm³/mol. The average molecular weight is 286 g/mol. The van der Waals surface area contributed by atoms with E-state index in [0.29, 0.717) is 19.2 Å². The SMILES string of the molecule is CCCNC(C)(CN1CCOCC1CC)C(=O)OCC. The number of hydrogen-bond donors (Lipinski definition) is 1. The molecule has 0 aromatic carbocycles. The first-order valence-electron chi connectivity index (χ1n) is 7.81. The van der Waals surface area contributed by atoms with Gasteiger partial charge in [-0.15, -0.1) is 0 Å². The molecule has 0 radical (unpaired) electrons. The van der Waals surface area contributed by atoms with Gasteiger partial charge in [-0.05, 0) is 33.2 Å². The Hall–Kier alpha value is -0.650. The summed E-state index contributed by atoms with van der Waals surface area (Å²) in [6.45, 7) is 12.3. The second-order valence-electron chi connectivity index (χ2n) is 5.59. The van der Waals surface area contributed by atoms with E-state index >= 15 is 0 Å². The summed E-state index contributed by atoms with van der Waals surface area (Å²) in [7, 11) is 0. The van der Waals surface area contributed by atoms with Crippen LogP contribution in [0.3, 0.4) is 0 Å². The van der Waals surface area contributed by atoms with Crippen molar-refractivity contribution in [2.75, 3.05) is 39.5 Å². The molecule has 0 aliphatic carbocycles. The van der Waals surface area contributed by atoms with E-state index in [0.717, 1.165) is 39.1 Å². The molecule has 1 heterocycles. The second-order valence-corrected chi connectivity index (χ2v) is 5.59. The molecule has 2 atom stereocenters. The zero-order valence-electron chi connectivity index (χ0n) is 13.4. The van der Waals surface area contributed by atoms with Crippen molar-refractivity contribution in [3.63, 3.8) is 0 Å². The smallest absolute Gasteiger partial charge is 0.327 e. The molecule has 5 heteroatoms. The molecular weight excluding hydrogens is 256 g/mol. The van der Waals surface area contributed by atoms with E-state index in [2.05, 4.69) is 24.1 Å². The monoisotopic (exact) mass is 286 g/mol. The second kappa shape index (κ2) is 8.60. The van der Waals surface area contributed by atoms with Crippen LogP contribution in [0.1, 0.15) is 40.5 Å². The fraction of sp³-hybridized carbons (Fsp3) is 0.933. The topological polar surface area (TPSA) is 50.8 Å². The van der Waals surface area contributed by atoms with Gasteiger partial charge in [0.25, 0.3) is 0 Å². The van der Waals surface area contributed by atoms with Crippen LogP contribution >= 0.6 is 0 Å². The van der Waals surface area contributed by atoms with Gasteiger partial charge in [0, 0.05) is 19.1 Å². The lowest BCUT2D eigenvalue weighted by Crippen LogP contribution is -2.61. The molecule has 1 fully saturated rings. The first-order chi connectivity index (χ1) is 9.57. The molecule has 2 unspecified atom stereocenters. The summed E-state index contributed by atoms with van der Waals surface area (Å²) in [5, 5.41) is 3.37. The van der Waals surface area contributed by atoms with E-state index in [-0.39, 0.29) is 5.97 Å². The number of nitrogens with one attached hydrogen (secondary N) is 1. The Bertz CT molecular complexity index is 299. The molecular formula is C15H30N2O3. The van der Waals surface area contributed by atoms with E-state index in [4.69, 9.17) is 9.47 Å². The van der Waals surface area contributed by atoms with Crippen molar-refractivity contribution < 1.29 is 14.3 Å². The largest absolute Gasteiger partial charge is 0.465 e. The van der Waals surface area contributed by atoms with Gasteiger partial charge in [0.05, 0.1) is 19.8 Å². The first kappa shape index (κ1) is 17.4. The summed E-state index contributed by atoms with van der Waals surface area (Å²) < 4.78 is 10.8. The standard InChI is InChI=1S/C15H30N2O3/c1-5-8-16-15(4,14(18)20-7-3)12-17-9-10-19-11-13(17)6-2/h13,16H,5-12H2,1-4H3. The third kappa shape index (κ3) is 4.72. The minimum Gasteiger partial charge on any atom is -0.465 e. The van der Waals surface area contributed by atoms with E-state index < -0.39 is 5.54 Å². The Balaban J connectivity index is 2.73. The van der Waals surface area contributed by atoms with Gasteiger partial charge >= 0.3 is 5.97 Å². The molecule has 1 saturated heterocycles. The lowest BCUT2D eigenvalue weighted by atomic mass is 9.99. The van der Waals surface area contributed by atoms with Gasteiger partial charge in [0.1, 0.15) is 5.54 Å². The highest BCUT2D eigenvalue weighted by molar-refractivity contribution is 5.80. The first-order valence-corrected chi connectivity index (χ1v) is 7.81. The van der Waals surface area contributed by atoms with Gasteiger partial charge in [-0.25, -0.2) is 0 Å². The third-order valence-corrected chi connectivity index (χ3v) is 3.83. The number of esters is 1. The fourth-order valence-electron chi connectivity index (χ4n) is 2.56. The summed E-state index contributed by atoms with van der Waals surface area (Å²) >= 11 is 0. The summed E-state index contributed by atoms with van der Waals surface area (Å²) in [6.07, 6.45) is 2.03. The van der Waals surface area contributed by atoms with Crippen molar-refractivity contribution in [2.24, 2.45) is 0 Å². The minimum absolute atomic E-state index is 0.158. The van der Waals surface area contributed by atoms with Crippen LogP contribution in [0.4, 0.5) is 0 Å². The highest BCUT2D eigenvalue weighted by Gasteiger charge is 2.38. The maximum Gasteiger partial charge on any atom is 0.327 e. The number of morpholine rings is 1. The van der Waals surface area contributed by atoms with Gasteiger partial charge in [-0.1, -0.05) is 13.8 Å². The molecule has 0 bridgehead atoms. The molecule has 0 aromatic rings. The van der Waals surface area contributed by atoms with Crippen molar-refractivity contribution in [2.45, 2.75) is 52.1 Å². The van der Waals surface area contributed by atoms with Crippen LogP contribution in [0.5, 0.6) is 0 Å². The molecule has 5 nitrogen and oxygen atoms in total. The zero-order chi connectivity index (χ0) is 15.0. The molecule has 1 aliphatic heterocycles. The Morgan fingerprint density at radius 3 is 2.80 bits per heavy atom. The molecule has 0 spiro atoms.